The van der Waals surface area contributed by atoms with Crippen molar-refractivity contribution in [1.29, 1.82) is 0 Å². The number of furan rings is 1. The van der Waals surface area contributed by atoms with Crippen molar-refractivity contribution in [3.63, 3.8) is 0 Å². The van der Waals surface area contributed by atoms with Gasteiger partial charge in [-0.05, 0) is 12.1 Å². The maximum absolute atomic E-state index is 12.3. The van der Waals surface area contributed by atoms with E-state index < -0.39 is 9.84 Å². The first-order chi connectivity index (χ1) is 10.9. The molecule has 0 unspecified atom stereocenters. The van der Waals surface area contributed by atoms with Crippen molar-refractivity contribution in [2.24, 2.45) is 0 Å². The molecule has 3 aromatic rings. The van der Waals surface area contributed by atoms with E-state index in [4.69, 9.17) is 8.94 Å². The molecule has 7 nitrogen and oxygen atoms in total. The van der Waals surface area contributed by atoms with E-state index >= 15 is 0 Å². The highest BCUT2D eigenvalue weighted by Crippen LogP contribution is 2.22. The summed E-state index contributed by atoms with van der Waals surface area (Å²) in [5.41, 5.74) is 0.546. The molecule has 0 N–H and O–H groups in total. The first kappa shape index (κ1) is 15.9. The third-order valence-corrected chi connectivity index (χ3v) is 5.60. The third-order valence-electron chi connectivity index (χ3n) is 2.98. The third kappa shape index (κ3) is 3.85. The molecule has 122 valence electrons. The highest BCUT2D eigenvalue weighted by atomic mass is 32.2. The lowest BCUT2D eigenvalue weighted by Gasteiger charge is -1.99. The summed E-state index contributed by atoms with van der Waals surface area (Å²) in [5.74, 6) is 0.512. The van der Waals surface area contributed by atoms with E-state index in [9.17, 15) is 8.42 Å². The van der Waals surface area contributed by atoms with Crippen LogP contribution in [0.2, 0.25) is 0 Å². The second-order valence-electron chi connectivity index (χ2n) is 5.35. The van der Waals surface area contributed by atoms with Crippen molar-refractivity contribution in [2.75, 3.05) is 0 Å². The maximum Gasteiger partial charge on any atom is 0.242 e. The predicted octanol–water partition coefficient (Wildman–Crippen LogP) is 3.02. The molecule has 0 amide bonds. The molecule has 0 saturated carbocycles. The molecule has 3 aromatic heterocycles. The minimum absolute atomic E-state index is 0.0377. The van der Waals surface area contributed by atoms with E-state index in [0.717, 1.165) is 5.01 Å². The fourth-order valence-corrected chi connectivity index (χ4v) is 4.07. The number of sulfone groups is 1. The topological polar surface area (TPSA) is 99.1 Å². The Balaban J connectivity index is 1.71. The molecular formula is C14H15N3O4S2. The molecule has 0 aliphatic rings. The van der Waals surface area contributed by atoms with Crippen molar-refractivity contribution in [2.45, 2.75) is 31.3 Å². The number of nitrogens with zero attached hydrogens (tertiary/aromatic N) is 3. The van der Waals surface area contributed by atoms with E-state index in [1.165, 1.54) is 17.6 Å². The van der Waals surface area contributed by atoms with Gasteiger partial charge in [0.25, 0.3) is 0 Å². The molecule has 0 aromatic carbocycles. The Labute approximate surface area is 137 Å². The van der Waals surface area contributed by atoms with Crippen molar-refractivity contribution in [3.8, 4) is 11.6 Å². The van der Waals surface area contributed by atoms with Crippen LogP contribution < -0.4 is 0 Å². The smallest absolute Gasteiger partial charge is 0.242 e. The zero-order chi connectivity index (χ0) is 16.4. The lowest BCUT2D eigenvalue weighted by atomic mass is 10.2. The number of rotatable bonds is 6. The Kier molecular flexibility index (Phi) is 4.31. The van der Waals surface area contributed by atoms with Crippen LogP contribution in [0.3, 0.4) is 0 Å². The SMILES string of the molecule is CC(C)c1nc(CS(=O)(=O)Cc2nc(-c3ccco3)no2)cs1. The minimum Gasteiger partial charge on any atom is -0.461 e. The van der Waals surface area contributed by atoms with Gasteiger partial charge in [-0.15, -0.1) is 11.3 Å². The largest absolute Gasteiger partial charge is 0.461 e. The Morgan fingerprint density at radius 1 is 1.26 bits per heavy atom. The summed E-state index contributed by atoms with van der Waals surface area (Å²) in [6.45, 7) is 4.04. The van der Waals surface area contributed by atoms with Crippen molar-refractivity contribution in [3.05, 3.63) is 40.4 Å². The van der Waals surface area contributed by atoms with E-state index in [0.29, 0.717) is 11.5 Å². The molecule has 3 rings (SSSR count). The van der Waals surface area contributed by atoms with Crippen LogP contribution in [0.1, 0.15) is 36.4 Å². The van der Waals surface area contributed by atoms with Gasteiger partial charge in [-0.25, -0.2) is 13.4 Å². The van der Waals surface area contributed by atoms with Crippen LogP contribution in [-0.4, -0.2) is 23.5 Å². The molecular weight excluding hydrogens is 338 g/mol. The Hall–Kier alpha value is -2.00. The predicted molar refractivity (Wildman–Crippen MR) is 84.5 cm³/mol. The van der Waals surface area contributed by atoms with Gasteiger partial charge in [-0.2, -0.15) is 4.98 Å². The normalized spacial score (nSPS) is 12.1. The second-order valence-corrected chi connectivity index (χ2v) is 8.31. The van der Waals surface area contributed by atoms with Gasteiger partial charge >= 0.3 is 0 Å². The molecule has 0 atom stereocenters. The lowest BCUT2D eigenvalue weighted by molar-refractivity contribution is 0.388. The summed E-state index contributed by atoms with van der Waals surface area (Å²) in [7, 11) is -3.44. The molecule has 9 heteroatoms. The van der Waals surface area contributed by atoms with Crippen LogP contribution in [0, 0.1) is 0 Å². The maximum atomic E-state index is 12.3. The summed E-state index contributed by atoms with van der Waals surface area (Å²) < 4.78 is 34.6. The second kappa shape index (κ2) is 6.25. The van der Waals surface area contributed by atoms with Crippen molar-refractivity contribution >= 4 is 21.2 Å². The van der Waals surface area contributed by atoms with Crippen LogP contribution in [0.15, 0.2) is 32.7 Å². The molecule has 0 aliphatic carbocycles. The van der Waals surface area contributed by atoms with E-state index in [-0.39, 0.29) is 29.1 Å². The summed E-state index contributed by atoms with van der Waals surface area (Å²) in [4.78, 5) is 8.38. The number of hydrogen-bond donors (Lipinski definition) is 0. The van der Waals surface area contributed by atoms with Gasteiger partial charge < -0.3 is 8.94 Å². The molecule has 0 radical (unpaired) electrons. The van der Waals surface area contributed by atoms with Gasteiger partial charge in [-0.1, -0.05) is 19.0 Å². The summed E-state index contributed by atoms with van der Waals surface area (Å²) in [5, 5.41) is 6.42. The fourth-order valence-electron chi connectivity index (χ4n) is 1.94. The fraction of sp³-hybridized carbons (Fsp3) is 0.357. The Bertz CT molecular complexity index is 879. The molecule has 0 saturated heterocycles. The lowest BCUT2D eigenvalue weighted by Crippen LogP contribution is -2.08. The number of thiazole rings is 1. The summed E-state index contributed by atoms with van der Waals surface area (Å²) in [6.07, 6.45) is 1.48. The van der Waals surface area contributed by atoms with E-state index in [1.54, 1.807) is 17.5 Å². The zero-order valence-electron chi connectivity index (χ0n) is 12.6. The van der Waals surface area contributed by atoms with E-state index in [2.05, 4.69) is 15.1 Å². The standard InChI is InChI=1S/C14H15N3O4S2/c1-9(2)14-15-10(6-22-14)7-23(18,19)8-12-16-13(17-21-12)11-4-3-5-20-11/h3-6,9H,7-8H2,1-2H3. The van der Waals surface area contributed by atoms with Gasteiger partial charge in [0.1, 0.15) is 5.75 Å². The number of hydrogen-bond acceptors (Lipinski definition) is 8. The quantitative estimate of drug-likeness (QED) is 0.671. The van der Waals surface area contributed by atoms with Crippen LogP contribution >= 0.6 is 11.3 Å². The molecule has 0 aliphatic heterocycles. The average Bonchev–Trinajstić information content (AvgIpc) is 3.16. The highest BCUT2D eigenvalue weighted by molar-refractivity contribution is 7.89. The van der Waals surface area contributed by atoms with Crippen LogP contribution in [0.4, 0.5) is 0 Å². The van der Waals surface area contributed by atoms with Crippen LogP contribution in [0.5, 0.6) is 0 Å². The molecule has 3 heterocycles. The van der Waals surface area contributed by atoms with Crippen LogP contribution in [0.25, 0.3) is 11.6 Å². The van der Waals surface area contributed by atoms with Gasteiger partial charge in [-0.3, -0.25) is 0 Å². The van der Waals surface area contributed by atoms with E-state index in [1.807, 2.05) is 13.8 Å². The molecule has 0 spiro atoms. The molecule has 0 bridgehead atoms. The van der Waals surface area contributed by atoms with Gasteiger partial charge in [0.05, 0.1) is 22.7 Å². The monoisotopic (exact) mass is 353 g/mol. The first-order valence-corrected chi connectivity index (χ1v) is 9.64. The van der Waals surface area contributed by atoms with Crippen molar-refractivity contribution in [1.82, 2.24) is 15.1 Å². The zero-order valence-corrected chi connectivity index (χ0v) is 14.2. The van der Waals surface area contributed by atoms with Gasteiger partial charge in [0, 0.05) is 11.3 Å². The molecule has 23 heavy (non-hydrogen) atoms. The Morgan fingerprint density at radius 2 is 2.09 bits per heavy atom. The van der Waals surface area contributed by atoms with Gasteiger partial charge in [0.2, 0.25) is 11.7 Å². The van der Waals surface area contributed by atoms with Crippen molar-refractivity contribution < 1.29 is 17.4 Å². The van der Waals surface area contributed by atoms with Gasteiger partial charge in [0.15, 0.2) is 15.6 Å². The average molecular weight is 353 g/mol. The van der Waals surface area contributed by atoms with Crippen LogP contribution in [-0.2, 0) is 21.3 Å². The first-order valence-electron chi connectivity index (χ1n) is 6.94. The number of aromatic nitrogens is 3. The summed E-state index contributed by atoms with van der Waals surface area (Å²) >= 11 is 1.47. The Morgan fingerprint density at radius 3 is 2.74 bits per heavy atom. The molecule has 0 fully saturated rings. The summed E-state index contributed by atoms with van der Waals surface area (Å²) in [6, 6.07) is 3.36. The minimum atomic E-state index is -3.44. The highest BCUT2D eigenvalue weighted by Gasteiger charge is 2.21.